The first-order valence-electron chi connectivity index (χ1n) is 6.64. The normalized spacial score (nSPS) is 24.1. The van der Waals surface area contributed by atoms with Crippen molar-refractivity contribution < 1.29 is 4.42 Å². The minimum Gasteiger partial charge on any atom is -0.407 e. The smallest absolute Gasteiger partial charge is 0.315 e. The Morgan fingerprint density at radius 2 is 2.06 bits per heavy atom. The summed E-state index contributed by atoms with van der Waals surface area (Å²) in [5.74, 6) is 0.650. The molecular formula is C12H22N4OS. The lowest BCUT2D eigenvalue weighted by atomic mass is 9.95. The van der Waals surface area contributed by atoms with Crippen molar-refractivity contribution >= 4 is 17.8 Å². The van der Waals surface area contributed by atoms with Crippen LogP contribution >= 0.6 is 11.8 Å². The van der Waals surface area contributed by atoms with Crippen LogP contribution in [0.5, 0.6) is 0 Å². The Balaban J connectivity index is 1.77. The van der Waals surface area contributed by atoms with Gasteiger partial charge in [-0.2, -0.15) is 11.8 Å². The van der Waals surface area contributed by atoms with Crippen LogP contribution in [0.3, 0.4) is 0 Å². The van der Waals surface area contributed by atoms with Crippen molar-refractivity contribution in [1.82, 2.24) is 15.5 Å². The zero-order valence-electron chi connectivity index (χ0n) is 11.1. The van der Waals surface area contributed by atoms with Crippen molar-refractivity contribution in [3.8, 4) is 0 Å². The van der Waals surface area contributed by atoms with Gasteiger partial charge in [0.1, 0.15) is 0 Å². The highest BCUT2D eigenvalue weighted by atomic mass is 32.2. The number of nitrogens with zero attached hydrogens (tertiary/aromatic N) is 2. The van der Waals surface area contributed by atoms with Gasteiger partial charge >= 0.3 is 6.01 Å². The van der Waals surface area contributed by atoms with E-state index in [-0.39, 0.29) is 0 Å². The van der Waals surface area contributed by atoms with Crippen LogP contribution in [0.4, 0.5) is 6.01 Å². The third-order valence-electron chi connectivity index (χ3n) is 3.33. The summed E-state index contributed by atoms with van der Waals surface area (Å²) in [5.41, 5.74) is 0. The summed E-state index contributed by atoms with van der Waals surface area (Å²) in [7, 11) is 0. The van der Waals surface area contributed by atoms with Gasteiger partial charge in [0, 0.05) is 11.3 Å². The number of rotatable bonds is 6. The SMILES string of the molecule is CCNCc1nnc(NC2CCC(SC)CC2)o1. The molecule has 5 nitrogen and oxygen atoms in total. The molecule has 1 heterocycles. The van der Waals surface area contributed by atoms with E-state index in [1.165, 1.54) is 25.7 Å². The summed E-state index contributed by atoms with van der Waals surface area (Å²) in [6.07, 6.45) is 7.13. The molecule has 0 amide bonds. The summed E-state index contributed by atoms with van der Waals surface area (Å²) < 4.78 is 5.54. The second-order valence-electron chi connectivity index (χ2n) is 4.63. The molecule has 1 saturated carbocycles. The van der Waals surface area contributed by atoms with Gasteiger partial charge in [-0.05, 0) is 38.5 Å². The highest BCUT2D eigenvalue weighted by Gasteiger charge is 2.21. The van der Waals surface area contributed by atoms with Crippen LogP contribution in [0.25, 0.3) is 0 Å². The number of nitrogens with one attached hydrogen (secondary N) is 2. The van der Waals surface area contributed by atoms with Crippen molar-refractivity contribution in [2.45, 2.75) is 50.4 Å². The Morgan fingerprint density at radius 1 is 1.28 bits per heavy atom. The van der Waals surface area contributed by atoms with E-state index in [2.05, 4.69) is 34.0 Å². The molecule has 0 unspecified atom stereocenters. The lowest BCUT2D eigenvalue weighted by Crippen LogP contribution is -2.27. The molecule has 102 valence electrons. The first-order valence-corrected chi connectivity index (χ1v) is 7.93. The fraction of sp³-hybridized carbons (Fsp3) is 0.833. The Hall–Kier alpha value is -0.750. The maximum absolute atomic E-state index is 5.54. The fourth-order valence-electron chi connectivity index (χ4n) is 2.23. The first kappa shape index (κ1) is 13.7. The average molecular weight is 270 g/mol. The van der Waals surface area contributed by atoms with Crippen molar-refractivity contribution in [2.75, 3.05) is 18.1 Å². The predicted molar refractivity (Wildman–Crippen MR) is 74.9 cm³/mol. The molecule has 18 heavy (non-hydrogen) atoms. The number of anilines is 1. The summed E-state index contributed by atoms with van der Waals surface area (Å²) in [5, 5.41) is 15.4. The molecule has 1 aromatic heterocycles. The molecule has 2 N–H and O–H groups in total. The van der Waals surface area contributed by atoms with E-state index in [1.807, 2.05) is 11.8 Å². The number of hydrogen-bond donors (Lipinski definition) is 2. The Bertz CT molecular complexity index is 350. The Kier molecular flexibility index (Phi) is 5.31. The lowest BCUT2D eigenvalue weighted by molar-refractivity contribution is 0.442. The molecule has 1 fully saturated rings. The van der Waals surface area contributed by atoms with Gasteiger partial charge in [0.25, 0.3) is 0 Å². The lowest BCUT2D eigenvalue weighted by Gasteiger charge is -2.27. The maximum Gasteiger partial charge on any atom is 0.315 e. The fourth-order valence-corrected chi connectivity index (χ4v) is 2.98. The van der Waals surface area contributed by atoms with Gasteiger partial charge in [-0.1, -0.05) is 12.0 Å². The minimum absolute atomic E-state index is 0.487. The Labute approximate surface area is 112 Å². The van der Waals surface area contributed by atoms with Gasteiger partial charge in [-0.3, -0.25) is 0 Å². The van der Waals surface area contributed by atoms with Crippen molar-refractivity contribution in [2.24, 2.45) is 0 Å². The minimum atomic E-state index is 0.487. The molecule has 0 atom stereocenters. The van der Waals surface area contributed by atoms with Crippen LogP contribution < -0.4 is 10.6 Å². The zero-order valence-corrected chi connectivity index (χ0v) is 11.9. The van der Waals surface area contributed by atoms with Gasteiger partial charge in [0.05, 0.1) is 6.54 Å². The number of aromatic nitrogens is 2. The first-order chi connectivity index (χ1) is 8.81. The molecule has 6 heteroatoms. The standard InChI is InChI=1S/C12H22N4OS/c1-3-13-8-11-15-16-12(17-11)14-9-4-6-10(18-2)7-5-9/h9-10,13H,3-8H2,1-2H3,(H,14,16). The molecule has 0 saturated heterocycles. The molecule has 1 aliphatic carbocycles. The van der Waals surface area contributed by atoms with Crippen LogP contribution in [-0.2, 0) is 6.54 Å². The van der Waals surface area contributed by atoms with Crippen LogP contribution in [0.15, 0.2) is 4.42 Å². The average Bonchev–Trinajstić information content (AvgIpc) is 2.85. The Morgan fingerprint density at radius 3 is 2.72 bits per heavy atom. The highest BCUT2D eigenvalue weighted by molar-refractivity contribution is 7.99. The summed E-state index contributed by atoms with van der Waals surface area (Å²) in [6, 6.07) is 1.05. The molecular weight excluding hydrogens is 248 g/mol. The largest absolute Gasteiger partial charge is 0.407 e. The molecule has 0 radical (unpaired) electrons. The second-order valence-corrected chi connectivity index (χ2v) is 5.77. The molecule has 1 aromatic rings. The van der Waals surface area contributed by atoms with Crippen molar-refractivity contribution in [3.63, 3.8) is 0 Å². The zero-order chi connectivity index (χ0) is 12.8. The summed E-state index contributed by atoms with van der Waals surface area (Å²) >= 11 is 1.98. The maximum atomic E-state index is 5.54. The van der Waals surface area contributed by atoms with E-state index in [0.29, 0.717) is 24.5 Å². The van der Waals surface area contributed by atoms with Crippen LogP contribution in [0.2, 0.25) is 0 Å². The molecule has 0 aromatic carbocycles. The molecule has 0 bridgehead atoms. The van der Waals surface area contributed by atoms with Crippen LogP contribution in [0, 0.1) is 0 Å². The molecule has 1 aliphatic rings. The third-order valence-corrected chi connectivity index (χ3v) is 4.47. The topological polar surface area (TPSA) is 63.0 Å². The van der Waals surface area contributed by atoms with Gasteiger partial charge < -0.3 is 15.1 Å². The van der Waals surface area contributed by atoms with E-state index in [0.717, 1.165) is 11.8 Å². The molecule has 0 spiro atoms. The van der Waals surface area contributed by atoms with E-state index in [1.54, 1.807) is 0 Å². The van der Waals surface area contributed by atoms with Crippen molar-refractivity contribution in [1.29, 1.82) is 0 Å². The van der Waals surface area contributed by atoms with Crippen molar-refractivity contribution in [3.05, 3.63) is 5.89 Å². The third kappa shape index (κ3) is 3.88. The second kappa shape index (κ2) is 6.99. The highest BCUT2D eigenvalue weighted by Crippen LogP contribution is 2.28. The van der Waals surface area contributed by atoms with Gasteiger partial charge in [-0.15, -0.1) is 5.10 Å². The monoisotopic (exact) mass is 270 g/mol. The van der Waals surface area contributed by atoms with Gasteiger partial charge in [0.15, 0.2) is 0 Å². The van der Waals surface area contributed by atoms with Gasteiger partial charge in [0.2, 0.25) is 5.89 Å². The van der Waals surface area contributed by atoms with Gasteiger partial charge in [-0.25, -0.2) is 0 Å². The molecule has 2 rings (SSSR count). The van der Waals surface area contributed by atoms with E-state index >= 15 is 0 Å². The van der Waals surface area contributed by atoms with E-state index < -0.39 is 0 Å². The van der Waals surface area contributed by atoms with E-state index in [9.17, 15) is 0 Å². The quantitative estimate of drug-likeness (QED) is 0.827. The van der Waals surface area contributed by atoms with E-state index in [4.69, 9.17) is 4.42 Å². The molecule has 0 aliphatic heterocycles. The predicted octanol–water partition coefficient (Wildman–Crippen LogP) is 2.27. The number of hydrogen-bond acceptors (Lipinski definition) is 6. The summed E-state index contributed by atoms with van der Waals surface area (Å²) in [6.45, 7) is 3.61. The van der Waals surface area contributed by atoms with Crippen LogP contribution in [0.1, 0.15) is 38.5 Å². The summed E-state index contributed by atoms with van der Waals surface area (Å²) in [4.78, 5) is 0. The number of thioether (sulfide) groups is 1. The van der Waals surface area contributed by atoms with Crippen LogP contribution in [-0.4, -0.2) is 34.3 Å².